The Labute approximate surface area is 297 Å². The quantitative estimate of drug-likeness (QED) is 0.219. The number of hydrogen-bond acceptors (Lipinski definition) is 5. The van der Waals surface area contributed by atoms with Crippen LogP contribution < -0.4 is 16.1 Å². The molecule has 1 aromatic heterocycles. The van der Waals surface area contributed by atoms with Gasteiger partial charge in [0.15, 0.2) is 0 Å². The van der Waals surface area contributed by atoms with E-state index in [1.165, 1.54) is 16.7 Å². The molecule has 3 aromatic rings. The second-order valence-electron chi connectivity index (χ2n) is 14.6. The maximum Gasteiger partial charge on any atom is 0.416 e. The molecule has 2 heterocycles. The van der Waals surface area contributed by atoms with Crippen molar-refractivity contribution in [2.75, 3.05) is 32.2 Å². The topological polar surface area (TPSA) is 83.1 Å². The number of alkyl halides is 3. The number of nitriles is 1. The predicted octanol–water partition coefficient (Wildman–Crippen LogP) is 7.78. The lowest BCUT2D eigenvalue weighted by Crippen LogP contribution is -2.52. The summed E-state index contributed by atoms with van der Waals surface area (Å²) in [5, 5.41) is 11.0. The number of carbonyl (C=O) groups excluding carboxylic acids is 1. The van der Waals surface area contributed by atoms with Crippen LogP contribution in [0.2, 0.25) is 0 Å². The number of aromatic nitrogens is 2. The zero-order chi connectivity index (χ0) is 36.3. The number of nitrogens with one attached hydrogen (secondary N) is 1. The first-order valence-corrected chi connectivity index (χ1v) is 17.8. The standard InChI is InChI=1S/C40H46F3N6O2/c1-28-38(36-23-24-45-48(36)33-19-15-30(26-44)16-20-33)47(39(51)46(28)34-13-8-12-32(25-34)40(41,42)43)37(50)14-7-11-29-17-21-35(22-18-29)49(2,3)27-31-9-5-4-6-10-31/h4-6,8-9,12-13,15-16,19-20,23,25,29,31,35,45H,7,10-11,14,17-18,21-22,24,27H2,1-3H3/q+1. The molecule has 1 saturated carbocycles. The van der Waals surface area contributed by atoms with Gasteiger partial charge < -0.3 is 4.48 Å². The summed E-state index contributed by atoms with van der Waals surface area (Å²) in [7, 11) is 4.69. The summed E-state index contributed by atoms with van der Waals surface area (Å²) in [4.78, 5) is 28.2. The van der Waals surface area contributed by atoms with E-state index in [-0.39, 0.29) is 12.1 Å². The monoisotopic (exact) mass is 699 g/mol. The van der Waals surface area contributed by atoms with Gasteiger partial charge in [-0.1, -0.05) is 30.4 Å². The van der Waals surface area contributed by atoms with Crippen molar-refractivity contribution in [2.24, 2.45) is 11.8 Å². The summed E-state index contributed by atoms with van der Waals surface area (Å²) in [5.74, 6) is 0.686. The van der Waals surface area contributed by atoms with Crippen molar-refractivity contribution in [3.8, 4) is 11.8 Å². The molecule has 8 nitrogen and oxygen atoms in total. The number of carbonyl (C=O) groups is 1. The number of imidazole rings is 1. The third-order valence-electron chi connectivity index (χ3n) is 10.8. The van der Waals surface area contributed by atoms with E-state index in [9.17, 15) is 28.0 Å². The van der Waals surface area contributed by atoms with Crippen molar-refractivity contribution in [1.29, 1.82) is 5.26 Å². The van der Waals surface area contributed by atoms with Crippen molar-refractivity contribution in [2.45, 2.75) is 70.5 Å². The second-order valence-corrected chi connectivity index (χ2v) is 14.6. The van der Waals surface area contributed by atoms with E-state index in [1.807, 2.05) is 6.08 Å². The Morgan fingerprint density at radius 2 is 1.78 bits per heavy atom. The maximum absolute atomic E-state index is 14.1. The van der Waals surface area contributed by atoms with Gasteiger partial charge in [0.25, 0.3) is 0 Å². The average molecular weight is 700 g/mol. The van der Waals surface area contributed by atoms with E-state index in [0.29, 0.717) is 59.2 Å². The van der Waals surface area contributed by atoms with Crippen molar-refractivity contribution in [1.82, 2.24) is 14.6 Å². The number of rotatable bonds is 10. The van der Waals surface area contributed by atoms with Gasteiger partial charge in [-0.25, -0.2) is 14.8 Å². The van der Waals surface area contributed by atoms with Crippen LogP contribution in [-0.2, 0) is 6.18 Å². The van der Waals surface area contributed by atoms with Crippen LogP contribution in [0.25, 0.3) is 11.4 Å². The normalized spacial score (nSPS) is 20.8. The molecule has 0 radical (unpaired) electrons. The molecular formula is C40H46F3N6O2+. The lowest BCUT2D eigenvalue weighted by atomic mass is 9.81. The van der Waals surface area contributed by atoms with Crippen molar-refractivity contribution in [3.63, 3.8) is 0 Å². The fourth-order valence-electron chi connectivity index (χ4n) is 8.10. The molecule has 11 heteroatoms. The molecule has 1 unspecified atom stereocenters. The summed E-state index contributed by atoms with van der Waals surface area (Å²) in [6.07, 6.45) is 13.3. The number of hydrogen-bond donors (Lipinski definition) is 1. The van der Waals surface area contributed by atoms with Crippen molar-refractivity contribution < 1.29 is 22.4 Å². The van der Waals surface area contributed by atoms with Gasteiger partial charge in [0, 0.05) is 18.9 Å². The molecule has 2 aromatic carbocycles. The summed E-state index contributed by atoms with van der Waals surface area (Å²) in [5.41, 5.74) is 4.05. The average Bonchev–Trinajstić information content (AvgIpc) is 3.70. The van der Waals surface area contributed by atoms with Crippen LogP contribution in [0.5, 0.6) is 0 Å². The van der Waals surface area contributed by atoms with E-state index in [1.54, 1.807) is 36.2 Å². The van der Waals surface area contributed by atoms with E-state index in [2.05, 4.69) is 49.9 Å². The van der Waals surface area contributed by atoms with Gasteiger partial charge in [-0.05, 0) is 106 Å². The van der Waals surface area contributed by atoms with Crippen LogP contribution in [0.15, 0.2) is 83.7 Å². The fourth-order valence-corrected chi connectivity index (χ4v) is 8.10. The molecule has 0 spiro atoms. The Balaban J connectivity index is 1.21. The Morgan fingerprint density at radius 3 is 2.45 bits per heavy atom. The van der Waals surface area contributed by atoms with Gasteiger partial charge in [-0.3, -0.25) is 14.4 Å². The maximum atomic E-state index is 14.1. The molecule has 6 rings (SSSR count). The first-order chi connectivity index (χ1) is 24.4. The highest BCUT2D eigenvalue weighted by Crippen LogP contribution is 2.35. The molecule has 1 aliphatic heterocycles. The number of anilines is 1. The third-order valence-corrected chi connectivity index (χ3v) is 10.8. The SMILES string of the molecule is Cc1c(C2=CCNN2c2ccc(C#N)cc2)n(C(=O)CCCC2CCC([N+](C)(C)CC3C=CC=CC3)CC2)c(=O)n1-c1cccc(C(F)(F)F)c1. The highest BCUT2D eigenvalue weighted by molar-refractivity contribution is 5.88. The summed E-state index contributed by atoms with van der Waals surface area (Å²) < 4.78 is 44.5. The van der Waals surface area contributed by atoms with Crippen LogP contribution in [0.1, 0.15) is 78.7 Å². The Morgan fingerprint density at radius 1 is 1.04 bits per heavy atom. The fraction of sp³-hybridized carbons (Fsp3) is 0.425. The number of allylic oxidation sites excluding steroid dienone is 3. The number of quaternary nitrogens is 1. The predicted molar refractivity (Wildman–Crippen MR) is 193 cm³/mol. The minimum Gasteiger partial charge on any atom is -0.326 e. The summed E-state index contributed by atoms with van der Waals surface area (Å²) in [6.45, 7) is 3.17. The van der Waals surface area contributed by atoms with Crippen LogP contribution in [0, 0.1) is 30.1 Å². The van der Waals surface area contributed by atoms with E-state index < -0.39 is 23.3 Å². The minimum absolute atomic E-state index is 0.0330. The first kappa shape index (κ1) is 36.1. The van der Waals surface area contributed by atoms with Crippen LogP contribution in [0.3, 0.4) is 0 Å². The molecule has 268 valence electrons. The van der Waals surface area contributed by atoms with Crippen LogP contribution in [0.4, 0.5) is 18.9 Å². The number of nitrogens with zero attached hydrogens (tertiary/aromatic N) is 5. The zero-order valence-corrected chi connectivity index (χ0v) is 29.5. The Hall–Kier alpha value is -4.66. The molecule has 3 aliphatic rings. The number of hydrazine groups is 1. The van der Waals surface area contributed by atoms with E-state index in [0.717, 1.165) is 66.3 Å². The highest BCUT2D eigenvalue weighted by Gasteiger charge is 2.35. The van der Waals surface area contributed by atoms with Crippen LogP contribution >= 0.6 is 0 Å². The van der Waals surface area contributed by atoms with E-state index in [4.69, 9.17) is 0 Å². The molecule has 51 heavy (non-hydrogen) atoms. The largest absolute Gasteiger partial charge is 0.416 e. The molecule has 1 atom stereocenters. The van der Waals surface area contributed by atoms with Gasteiger partial charge in [0.05, 0.1) is 72.3 Å². The molecule has 1 N–H and O–H groups in total. The molecule has 0 bridgehead atoms. The lowest BCUT2D eigenvalue weighted by Gasteiger charge is -2.43. The first-order valence-electron chi connectivity index (χ1n) is 17.8. The molecule has 1 fully saturated rings. The third kappa shape index (κ3) is 7.82. The van der Waals surface area contributed by atoms with Gasteiger partial charge in [-0.15, -0.1) is 0 Å². The van der Waals surface area contributed by atoms with Crippen LogP contribution in [-0.4, -0.2) is 52.8 Å². The van der Waals surface area contributed by atoms with Crippen molar-refractivity contribution in [3.05, 3.63) is 112 Å². The molecule has 2 aliphatic carbocycles. The number of benzene rings is 2. The highest BCUT2D eigenvalue weighted by atomic mass is 19.4. The van der Waals surface area contributed by atoms with Gasteiger partial charge >= 0.3 is 11.9 Å². The molecule has 0 amide bonds. The van der Waals surface area contributed by atoms with Gasteiger partial charge in [0.2, 0.25) is 5.91 Å². The second kappa shape index (κ2) is 14.9. The molecule has 0 saturated heterocycles. The Kier molecular flexibility index (Phi) is 10.6. The van der Waals surface area contributed by atoms with Gasteiger partial charge in [0.1, 0.15) is 0 Å². The number of halogens is 3. The molecular weight excluding hydrogens is 653 g/mol. The lowest BCUT2D eigenvalue weighted by molar-refractivity contribution is -0.919. The Bertz CT molecular complexity index is 1940. The van der Waals surface area contributed by atoms with E-state index >= 15 is 0 Å². The summed E-state index contributed by atoms with van der Waals surface area (Å²) in [6, 6.07) is 14.2. The summed E-state index contributed by atoms with van der Waals surface area (Å²) >= 11 is 0. The van der Waals surface area contributed by atoms with Gasteiger partial charge in [-0.2, -0.15) is 18.4 Å². The smallest absolute Gasteiger partial charge is 0.326 e. The minimum atomic E-state index is -4.60. The van der Waals surface area contributed by atoms with Crippen molar-refractivity contribution >= 4 is 17.3 Å². The zero-order valence-electron chi connectivity index (χ0n) is 29.5.